The number of carboxylic acid groups (broad SMARTS) is 1. The van der Waals surface area contributed by atoms with Gasteiger partial charge >= 0.3 is 5.97 Å². The fourth-order valence-corrected chi connectivity index (χ4v) is 1.77. The highest BCUT2D eigenvalue weighted by Gasteiger charge is 2.13. The van der Waals surface area contributed by atoms with Crippen LogP contribution in [0.5, 0.6) is 0 Å². The van der Waals surface area contributed by atoms with Gasteiger partial charge in [-0.3, -0.25) is 14.4 Å². The fraction of sp³-hybridized carbons (Fsp3) is 0.667. The topological polar surface area (TPSA) is 113 Å². The molecule has 0 saturated heterocycles. The second-order valence-corrected chi connectivity index (χ2v) is 5.94. The summed E-state index contributed by atoms with van der Waals surface area (Å²) < 4.78 is 0. The molecule has 0 aromatic rings. The van der Waals surface area contributed by atoms with Gasteiger partial charge in [0.1, 0.15) is 6.29 Å². The molecule has 114 valence electrons. The normalized spacial score (nSPS) is 11.8. The summed E-state index contributed by atoms with van der Waals surface area (Å²) >= 11 is 1.46. The molecule has 0 spiro atoms. The summed E-state index contributed by atoms with van der Waals surface area (Å²) in [5.74, 6) is -1.55. The highest BCUT2D eigenvalue weighted by molar-refractivity contribution is 8.00. The van der Waals surface area contributed by atoms with Gasteiger partial charge in [0.25, 0.3) is 0 Å². The number of rotatable bonds is 10. The molecule has 0 saturated carbocycles. The minimum Gasteiger partial charge on any atom is -0.481 e. The van der Waals surface area contributed by atoms with Crippen LogP contribution >= 0.6 is 11.8 Å². The molecular weight excluding hydrogens is 284 g/mol. The first-order valence-corrected chi connectivity index (χ1v) is 7.24. The van der Waals surface area contributed by atoms with Crippen LogP contribution in [0.2, 0.25) is 0 Å². The van der Waals surface area contributed by atoms with Gasteiger partial charge in [-0.05, 0) is 11.7 Å². The number of aliphatic carboxylic acids is 1. The van der Waals surface area contributed by atoms with Gasteiger partial charge in [-0.25, -0.2) is 0 Å². The number of hydrogen-bond acceptors (Lipinski definition) is 5. The Kier molecular flexibility index (Phi) is 9.44. The molecule has 3 N–H and O–H groups in total. The van der Waals surface area contributed by atoms with Crippen molar-refractivity contribution in [3.05, 3.63) is 0 Å². The molecular formula is C12H20N2O5S. The standard InChI is InChI=1S/C12H20N2O5S/c1-8(2)20-7-11(17)13-5-10(16)14-9(6-15)3-4-12(18)19/h6,8-9H,3-5,7H2,1-2H3,(H,13,17)(H,14,16)(H,18,19)/t9-/m0/s1. The van der Waals surface area contributed by atoms with Crippen LogP contribution in [0.4, 0.5) is 0 Å². The van der Waals surface area contributed by atoms with Crippen molar-refractivity contribution in [3.8, 4) is 0 Å². The van der Waals surface area contributed by atoms with Crippen molar-refractivity contribution in [2.45, 2.75) is 38.0 Å². The Labute approximate surface area is 121 Å². The quantitative estimate of drug-likeness (QED) is 0.482. The van der Waals surface area contributed by atoms with Gasteiger partial charge in [0, 0.05) is 6.42 Å². The summed E-state index contributed by atoms with van der Waals surface area (Å²) in [4.78, 5) is 43.9. The van der Waals surface area contributed by atoms with Crippen molar-refractivity contribution in [2.75, 3.05) is 12.3 Å². The molecule has 0 aromatic heterocycles. The van der Waals surface area contributed by atoms with E-state index in [-0.39, 0.29) is 31.0 Å². The van der Waals surface area contributed by atoms with Gasteiger partial charge in [0.2, 0.25) is 11.8 Å². The Morgan fingerprint density at radius 2 is 1.90 bits per heavy atom. The van der Waals surface area contributed by atoms with E-state index in [2.05, 4.69) is 10.6 Å². The first-order chi connectivity index (χ1) is 9.35. The molecule has 0 aromatic carbocycles. The van der Waals surface area contributed by atoms with Crippen LogP contribution in [0.3, 0.4) is 0 Å². The van der Waals surface area contributed by atoms with E-state index in [0.717, 1.165) is 0 Å². The maximum absolute atomic E-state index is 11.5. The van der Waals surface area contributed by atoms with E-state index in [9.17, 15) is 19.2 Å². The summed E-state index contributed by atoms with van der Waals surface area (Å²) in [6.07, 6.45) is 0.306. The number of nitrogens with one attached hydrogen (secondary N) is 2. The molecule has 0 aliphatic carbocycles. The molecule has 0 heterocycles. The lowest BCUT2D eigenvalue weighted by Crippen LogP contribution is -2.43. The first-order valence-electron chi connectivity index (χ1n) is 6.20. The van der Waals surface area contributed by atoms with Gasteiger partial charge in [-0.2, -0.15) is 0 Å². The van der Waals surface area contributed by atoms with E-state index in [0.29, 0.717) is 11.5 Å². The monoisotopic (exact) mass is 304 g/mol. The summed E-state index contributed by atoms with van der Waals surface area (Å²) in [7, 11) is 0. The molecule has 20 heavy (non-hydrogen) atoms. The zero-order valence-corrected chi connectivity index (χ0v) is 12.4. The van der Waals surface area contributed by atoms with Crippen LogP contribution in [-0.2, 0) is 19.2 Å². The highest BCUT2D eigenvalue weighted by atomic mass is 32.2. The second kappa shape index (κ2) is 10.2. The van der Waals surface area contributed by atoms with Crippen molar-refractivity contribution in [1.82, 2.24) is 10.6 Å². The minimum absolute atomic E-state index is 0.0295. The predicted molar refractivity (Wildman–Crippen MR) is 75.5 cm³/mol. The van der Waals surface area contributed by atoms with Crippen LogP contribution in [0, 0.1) is 0 Å². The smallest absolute Gasteiger partial charge is 0.303 e. The van der Waals surface area contributed by atoms with Gasteiger partial charge in [-0.15, -0.1) is 11.8 Å². The zero-order valence-electron chi connectivity index (χ0n) is 11.5. The minimum atomic E-state index is -1.04. The molecule has 0 bridgehead atoms. The molecule has 0 radical (unpaired) electrons. The lowest BCUT2D eigenvalue weighted by molar-refractivity contribution is -0.137. The third kappa shape index (κ3) is 10.4. The Bertz CT molecular complexity index is 360. The number of amides is 2. The fourth-order valence-electron chi connectivity index (χ4n) is 1.18. The number of carbonyl (C=O) groups is 4. The molecule has 8 heteroatoms. The molecule has 0 fully saturated rings. The Hall–Kier alpha value is -1.57. The molecule has 0 aliphatic rings. The highest BCUT2D eigenvalue weighted by Crippen LogP contribution is 2.07. The number of hydrogen-bond donors (Lipinski definition) is 3. The maximum atomic E-state index is 11.5. The second-order valence-electron chi connectivity index (χ2n) is 4.38. The number of thioether (sulfide) groups is 1. The van der Waals surface area contributed by atoms with Crippen molar-refractivity contribution in [1.29, 1.82) is 0 Å². The van der Waals surface area contributed by atoms with Crippen molar-refractivity contribution >= 4 is 35.8 Å². The summed E-state index contributed by atoms with van der Waals surface area (Å²) in [5, 5.41) is 13.6. The Morgan fingerprint density at radius 1 is 1.25 bits per heavy atom. The molecule has 1 atom stereocenters. The molecule has 0 aliphatic heterocycles. The average molecular weight is 304 g/mol. The van der Waals surface area contributed by atoms with Gasteiger partial charge < -0.3 is 20.5 Å². The van der Waals surface area contributed by atoms with Crippen LogP contribution in [0.15, 0.2) is 0 Å². The van der Waals surface area contributed by atoms with Crippen molar-refractivity contribution in [2.24, 2.45) is 0 Å². The third-order valence-corrected chi connectivity index (χ3v) is 3.27. The van der Waals surface area contributed by atoms with Crippen LogP contribution in [0.25, 0.3) is 0 Å². The lowest BCUT2D eigenvalue weighted by Gasteiger charge is -2.12. The van der Waals surface area contributed by atoms with Crippen molar-refractivity contribution < 1.29 is 24.3 Å². The van der Waals surface area contributed by atoms with Crippen LogP contribution in [-0.4, -0.2) is 52.8 Å². The van der Waals surface area contributed by atoms with E-state index in [1.54, 1.807) is 0 Å². The van der Waals surface area contributed by atoms with E-state index in [4.69, 9.17) is 5.11 Å². The molecule has 0 rings (SSSR count). The zero-order chi connectivity index (χ0) is 15.5. The largest absolute Gasteiger partial charge is 0.481 e. The summed E-state index contributed by atoms with van der Waals surface area (Å²) in [6, 6.07) is -0.847. The van der Waals surface area contributed by atoms with Gasteiger partial charge in [0.05, 0.1) is 18.3 Å². The molecule has 0 unspecified atom stereocenters. The molecule has 7 nitrogen and oxygen atoms in total. The maximum Gasteiger partial charge on any atom is 0.303 e. The van der Waals surface area contributed by atoms with E-state index >= 15 is 0 Å². The van der Waals surface area contributed by atoms with E-state index in [1.165, 1.54) is 11.8 Å². The number of aldehydes is 1. The molecule has 2 amide bonds. The predicted octanol–water partition coefficient (Wildman–Crippen LogP) is -0.207. The van der Waals surface area contributed by atoms with E-state index < -0.39 is 17.9 Å². The van der Waals surface area contributed by atoms with Gasteiger partial charge in [0.15, 0.2) is 0 Å². The van der Waals surface area contributed by atoms with Crippen LogP contribution < -0.4 is 10.6 Å². The number of carbonyl (C=O) groups excluding carboxylic acids is 3. The SMILES string of the molecule is CC(C)SCC(=O)NCC(=O)N[C@H](C=O)CCC(=O)O. The number of carboxylic acids is 1. The first kappa shape index (κ1) is 18.4. The summed E-state index contributed by atoms with van der Waals surface area (Å²) in [6.45, 7) is 3.69. The average Bonchev–Trinajstić information content (AvgIpc) is 2.38. The Balaban J connectivity index is 3.93. The van der Waals surface area contributed by atoms with Crippen molar-refractivity contribution in [3.63, 3.8) is 0 Å². The summed E-state index contributed by atoms with van der Waals surface area (Å²) in [5.41, 5.74) is 0. The Morgan fingerprint density at radius 3 is 2.40 bits per heavy atom. The lowest BCUT2D eigenvalue weighted by atomic mass is 10.2. The van der Waals surface area contributed by atoms with E-state index in [1.807, 2.05) is 13.8 Å². The third-order valence-electron chi connectivity index (χ3n) is 2.17. The van der Waals surface area contributed by atoms with Gasteiger partial charge in [-0.1, -0.05) is 13.8 Å². The van der Waals surface area contributed by atoms with Crippen LogP contribution in [0.1, 0.15) is 26.7 Å².